The molecular weight excluding hydrogens is 397 g/mol. The summed E-state index contributed by atoms with van der Waals surface area (Å²) in [6, 6.07) is 13.3. The summed E-state index contributed by atoms with van der Waals surface area (Å²) in [4.78, 5) is 22.1. The Balaban J connectivity index is 1.49. The van der Waals surface area contributed by atoms with Gasteiger partial charge in [0.1, 0.15) is 10.9 Å². The van der Waals surface area contributed by atoms with Crippen molar-refractivity contribution in [2.24, 2.45) is 9.98 Å². The number of hydrogen-bond donors (Lipinski definition) is 1. The van der Waals surface area contributed by atoms with Crippen molar-refractivity contribution in [3.8, 4) is 0 Å². The fourth-order valence-corrected chi connectivity index (χ4v) is 4.48. The summed E-state index contributed by atoms with van der Waals surface area (Å²) in [5.41, 5.74) is 1.64. The molecule has 4 nitrogen and oxygen atoms in total. The number of thioether (sulfide) groups is 1. The SMILES string of the molecule is O=C(CSC1=NC2(CCCC2)N=C1c1cccc(F)c1)Nc1ccc(Cl)cc1. The van der Waals surface area contributed by atoms with Crippen LogP contribution in [0.1, 0.15) is 31.2 Å². The van der Waals surface area contributed by atoms with E-state index in [0.29, 0.717) is 27.0 Å². The molecular formula is C21H19ClFN3OS. The van der Waals surface area contributed by atoms with Crippen molar-refractivity contribution in [1.82, 2.24) is 0 Å². The van der Waals surface area contributed by atoms with Crippen LogP contribution >= 0.6 is 23.4 Å². The van der Waals surface area contributed by atoms with Gasteiger partial charge in [0.15, 0.2) is 5.66 Å². The lowest BCUT2D eigenvalue weighted by molar-refractivity contribution is -0.113. The molecule has 2 aliphatic rings. The van der Waals surface area contributed by atoms with Crippen LogP contribution in [0, 0.1) is 5.82 Å². The molecule has 0 unspecified atom stereocenters. The predicted octanol–water partition coefficient (Wildman–Crippen LogP) is 5.32. The summed E-state index contributed by atoms with van der Waals surface area (Å²) in [5, 5.41) is 4.17. The quantitative estimate of drug-likeness (QED) is 0.734. The fraction of sp³-hybridized carbons (Fsp3) is 0.286. The molecule has 0 aromatic heterocycles. The van der Waals surface area contributed by atoms with E-state index in [2.05, 4.69) is 5.32 Å². The van der Waals surface area contributed by atoms with E-state index < -0.39 is 5.66 Å². The van der Waals surface area contributed by atoms with Gasteiger partial charge in [-0.15, -0.1) is 0 Å². The van der Waals surface area contributed by atoms with E-state index in [9.17, 15) is 9.18 Å². The summed E-state index contributed by atoms with van der Waals surface area (Å²) < 4.78 is 13.7. The van der Waals surface area contributed by atoms with Crippen LogP contribution in [-0.2, 0) is 4.79 Å². The minimum Gasteiger partial charge on any atom is -0.325 e. The number of carbonyl (C=O) groups excluding carboxylic acids is 1. The minimum atomic E-state index is -0.434. The van der Waals surface area contributed by atoms with Crippen molar-refractivity contribution in [3.05, 3.63) is 64.9 Å². The number of nitrogens with zero attached hydrogens (tertiary/aromatic N) is 2. The molecule has 1 amide bonds. The average Bonchev–Trinajstić information content (AvgIpc) is 3.29. The van der Waals surface area contributed by atoms with E-state index in [1.807, 2.05) is 6.07 Å². The lowest BCUT2D eigenvalue weighted by Gasteiger charge is -2.14. The lowest BCUT2D eigenvalue weighted by atomic mass is 10.1. The highest BCUT2D eigenvalue weighted by atomic mass is 35.5. The van der Waals surface area contributed by atoms with E-state index >= 15 is 0 Å². The Morgan fingerprint density at radius 3 is 2.61 bits per heavy atom. The zero-order chi connectivity index (χ0) is 19.6. The molecule has 144 valence electrons. The van der Waals surface area contributed by atoms with Crippen LogP contribution in [-0.4, -0.2) is 28.1 Å². The smallest absolute Gasteiger partial charge is 0.234 e. The number of benzene rings is 2. The molecule has 1 aliphatic carbocycles. The van der Waals surface area contributed by atoms with Crippen molar-refractivity contribution in [2.75, 3.05) is 11.1 Å². The number of nitrogens with one attached hydrogen (secondary N) is 1. The molecule has 1 heterocycles. The first kappa shape index (κ1) is 19.2. The normalized spacial score (nSPS) is 17.5. The number of anilines is 1. The summed E-state index contributed by atoms with van der Waals surface area (Å²) in [7, 11) is 0. The van der Waals surface area contributed by atoms with Crippen molar-refractivity contribution in [1.29, 1.82) is 0 Å². The van der Waals surface area contributed by atoms with Crippen LogP contribution in [0.2, 0.25) is 5.02 Å². The van der Waals surface area contributed by atoms with Gasteiger partial charge in [0.2, 0.25) is 5.91 Å². The zero-order valence-corrected chi connectivity index (χ0v) is 16.7. The van der Waals surface area contributed by atoms with Crippen LogP contribution in [0.15, 0.2) is 58.5 Å². The number of rotatable bonds is 4. The lowest BCUT2D eigenvalue weighted by Crippen LogP contribution is -2.17. The standard InChI is InChI=1S/C21H19ClFN3OS/c22-15-6-8-17(9-7-15)24-18(27)13-28-20-19(14-4-3-5-16(23)12-14)25-21(26-20)10-1-2-11-21/h3-9,12H,1-2,10-11,13H2,(H,24,27). The Hall–Kier alpha value is -2.18. The van der Waals surface area contributed by atoms with Gasteiger partial charge in [-0.05, 0) is 62.1 Å². The van der Waals surface area contributed by atoms with Crippen LogP contribution in [0.3, 0.4) is 0 Å². The van der Waals surface area contributed by atoms with Crippen molar-refractivity contribution in [2.45, 2.75) is 31.3 Å². The van der Waals surface area contributed by atoms with E-state index in [-0.39, 0.29) is 17.5 Å². The van der Waals surface area contributed by atoms with E-state index in [0.717, 1.165) is 25.7 Å². The number of amides is 1. The van der Waals surface area contributed by atoms with E-state index in [4.69, 9.17) is 21.6 Å². The summed E-state index contributed by atoms with van der Waals surface area (Å²) in [5.74, 6) is -0.246. The number of carbonyl (C=O) groups is 1. The van der Waals surface area contributed by atoms with Gasteiger partial charge >= 0.3 is 0 Å². The molecule has 0 bridgehead atoms. The molecule has 28 heavy (non-hydrogen) atoms. The highest BCUT2D eigenvalue weighted by molar-refractivity contribution is 8.16. The highest BCUT2D eigenvalue weighted by Crippen LogP contribution is 2.40. The first-order chi connectivity index (χ1) is 13.5. The maximum absolute atomic E-state index is 13.7. The molecule has 7 heteroatoms. The van der Waals surface area contributed by atoms with Gasteiger partial charge < -0.3 is 5.32 Å². The van der Waals surface area contributed by atoms with Crippen molar-refractivity contribution in [3.63, 3.8) is 0 Å². The second-order valence-corrected chi connectivity index (χ2v) is 8.32. The second-order valence-electron chi connectivity index (χ2n) is 6.92. The Labute approximate surface area is 172 Å². The molecule has 0 atom stereocenters. The van der Waals surface area contributed by atoms with Gasteiger partial charge in [-0.2, -0.15) is 0 Å². The van der Waals surface area contributed by atoms with E-state index in [1.165, 1.54) is 23.9 Å². The van der Waals surface area contributed by atoms with Crippen LogP contribution in [0.5, 0.6) is 0 Å². The van der Waals surface area contributed by atoms with Gasteiger partial charge in [-0.25, -0.2) is 9.38 Å². The van der Waals surface area contributed by atoms with Gasteiger partial charge in [0, 0.05) is 16.3 Å². The Morgan fingerprint density at radius 1 is 1.14 bits per heavy atom. The van der Waals surface area contributed by atoms with Gasteiger partial charge in [0.05, 0.1) is 11.5 Å². The maximum Gasteiger partial charge on any atom is 0.234 e. The summed E-state index contributed by atoms with van der Waals surface area (Å²) in [6.07, 6.45) is 3.95. The van der Waals surface area contributed by atoms with Gasteiger partial charge in [0.25, 0.3) is 0 Å². The van der Waals surface area contributed by atoms with E-state index in [1.54, 1.807) is 30.3 Å². The van der Waals surface area contributed by atoms with Crippen molar-refractivity contribution >= 4 is 45.7 Å². The maximum atomic E-state index is 13.7. The molecule has 0 saturated heterocycles. The largest absolute Gasteiger partial charge is 0.325 e. The first-order valence-corrected chi connectivity index (χ1v) is 10.5. The molecule has 1 aliphatic heterocycles. The third kappa shape index (κ3) is 4.28. The van der Waals surface area contributed by atoms with Crippen molar-refractivity contribution < 1.29 is 9.18 Å². The Bertz CT molecular complexity index is 952. The third-order valence-corrected chi connectivity index (χ3v) is 6.02. The molecule has 1 spiro atoms. The number of aliphatic imine (C=N–C) groups is 2. The third-order valence-electron chi connectivity index (χ3n) is 4.80. The van der Waals surface area contributed by atoms with Crippen LogP contribution < -0.4 is 5.32 Å². The Kier molecular flexibility index (Phi) is 5.51. The molecule has 1 N–H and O–H groups in total. The molecule has 4 rings (SSSR count). The zero-order valence-electron chi connectivity index (χ0n) is 15.1. The number of hydrogen-bond acceptors (Lipinski definition) is 4. The van der Waals surface area contributed by atoms with Crippen LogP contribution in [0.4, 0.5) is 10.1 Å². The molecule has 1 fully saturated rings. The Morgan fingerprint density at radius 2 is 1.89 bits per heavy atom. The number of halogens is 2. The molecule has 0 radical (unpaired) electrons. The summed E-state index contributed by atoms with van der Waals surface area (Å²) >= 11 is 7.21. The fourth-order valence-electron chi connectivity index (χ4n) is 3.48. The van der Waals surface area contributed by atoms with Crippen LogP contribution in [0.25, 0.3) is 0 Å². The molecule has 1 saturated carbocycles. The second kappa shape index (κ2) is 8.05. The van der Waals surface area contributed by atoms with Gasteiger partial charge in [-0.3, -0.25) is 9.79 Å². The predicted molar refractivity (Wildman–Crippen MR) is 114 cm³/mol. The summed E-state index contributed by atoms with van der Waals surface area (Å²) in [6.45, 7) is 0. The topological polar surface area (TPSA) is 53.8 Å². The average molecular weight is 416 g/mol. The highest BCUT2D eigenvalue weighted by Gasteiger charge is 2.39. The molecule has 2 aromatic carbocycles. The van der Waals surface area contributed by atoms with Gasteiger partial charge in [-0.1, -0.05) is 35.5 Å². The minimum absolute atomic E-state index is 0.138. The monoisotopic (exact) mass is 415 g/mol. The first-order valence-electron chi connectivity index (χ1n) is 9.17. The molecule has 2 aromatic rings.